The molecule has 0 fully saturated rings. The average molecular weight is 275 g/mol. The van der Waals surface area contributed by atoms with Crippen molar-refractivity contribution < 1.29 is 4.74 Å². The number of likely N-dealkylation sites (N-methyl/N-ethyl adjacent to an activating group) is 1. The first kappa shape index (κ1) is 14.5. The van der Waals surface area contributed by atoms with Crippen molar-refractivity contribution in [3.63, 3.8) is 0 Å². The molecule has 2 aromatic rings. The zero-order chi connectivity index (χ0) is 14.4. The van der Waals surface area contributed by atoms with Gasteiger partial charge >= 0.3 is 0 Å². The van der Waals surface area contributed by atoms with E-state index in [4.69, 9.17) is 4.74 Å². The van der Waals surface area contributed by atoms with Crippen molar-refractivity contribution in [1.82, 2.24) is 25.5 Å². The Balaban J connectivity index is 2.00. The van der Waals surface area contributed by atoms with Crippen molar-refractivity contribution in [2.45, 2.75) is 25.8 Å². The summed E-state index contributed by atoms with van der Waals surface area (Å²) >= 11 is 0. The molecule has 1 N–H and O–H groups in total. The fourth-order valence-electron chi connectivity index (χ4n) is 2.18. The van der Waals surface area contributed by atoms with E-state index in [2.05, 4.69) is 39.8 Å². The molecule has 1 aromatic heterocycles. The van der Waals surface area contributed by atoms with Gasteiger partial charge in [0.2, 0.25) is 0 Å². The maximum atomic E-state index is 5.17. The van der Waals surface area contributed by atoms with Crippen molar-refractivity contribution in [3.8, 4) is 5.75 Å². The molecule has 1 atom stereocenters. The Morgan fingerprint density at radius 1 is 1.25 bits per heavy atom. The molecule has 0 aliphatic carbocycles. The summed E-state index contributed by atoms with van der Waals surface area (Å²) < 4.78 is 5.17. The molecule has 0 bridgehead atoms. The quantitative estimate of drug-likeness (QED) is 0.816. The molecule has 6 heteroatoms. The maximum Gasteiger partial charge on any atom is 0.176 e. The van der Waals surface area contributed by atoms with Gasteiger partial charge in [0, 0.05) is 12.5 Å². The highest BCUT2D eigenvalue weighted by Crippen LogP contribution is 2.13. The monoisotopic (exact) mass is 275 g/mol. The van der Waals surface area contributed by atoms with Crippen LogP contribution in [-0.4, -0.2) is 39.9 Å². The van der Waals surface area contributed by atoms with E-state index in [1.54, 1.807) is 14.2 Å². The zero-order valence-electron chi connectivity index (χ0n) is 12.2. The lowest BCUT2D eigenvalue weighted by atomic mass is 10.0. The number of nitrogens with zero attached hydrogens (tertiary/aromatic N) is 4. The summed E-state index contributed by atoms with van der Waals surface area (Å²) in [7, 11) is 3.46. The van der Waals surface area contributed by atoms with Crippen LogP contribution in [-0.2, 0) is 19.9 Å². The predicted molar refractivity (Wildman–Crippen MR) is 76.7 cm³/mol. The van der Waals surface area contributed by atoms with Crippen LogP contribution >= 0.6 is 0 Å². The van der Waals surface area contributed by atoms with Gasteiger partial charge in [-0.1, -0.05) is 19.1 Å². The predicted octanol–water partition coefficient (Wildman–Crippen LogP) is 0.982. The largest absolute Gasteiger partial charge is 0.497 e. The minimum absolute atomic E-state index is 0.303. The molecule has 0 spiro atoms. The van der Waals surface area contributed by atoms with Gasteiger partial charge in [-0.2, -0.15) is 4.80 Å². The molecule has 0 saturated carbocycles. The maximum absolute atomic E-state index is 5.17. The molecule has 0 aliphatic rings. The van der Waals surface area contributed by atoms with Gasteiger partial charge < -0.3 is 10.1 Å². The molecule has 1 heterocycles. The van der Waals surface area contributed by atoms with Gasteiger partial charge in [-0.25, -0.2) is 0 Å². The second-order valence-corrected chi connectivity index (χ2v) is 4.71. The third-order valence-corrected chi connectivity index (χ3v) is 3.11. The van der Waals surface area contributed by atoms with Crippen LogP contribution in [0.25, 0.3) is 0 Å². The van der Waals surface area contributed by atoms with Gasteiger partial charge in [0.05, 0.1) is 14.2 Å². The number of tetrazole rings is 1. The lowest BCUT2D eigenvalue weighted by molar-refractivity contribution is 0.414. The van der Waals surface area contributed by atoms with E-state index < -0.39 is 0 Å². The van der Waals surface area contributed by atoms with Gasteiger partial charge in [0.25, 0.3) is 0 Å². The number of methoxy groups -OCH3 is 1. The first-order chi connectivity index (χ1) is 9.71. The van der Waals surface area contributed by atoms with Crippen LogP contribution in [0.1, 0.15) is 18.3 Å². The molecule has 0 saturated heterocycles. The van der Waals surface area contributed by atoms with Crippen LogP contribution in [0.5, 0.6) is 5.75 Å². The highest BCUT2D eigenvalue weighted by molar-refractivity contribution is 5.27. The second kappa shape index (κ2) is 7.00. The first-order valence-electron chi connectivity index (χ1n) is 6.80. The Kier molecular flexibility index (Phi) is 5.06. The third-order valence-electron chi connectivity index (χ3n) is 3.11. The summed E-state index contributed by atoms with van der Waals surface area (Å²) in [6.45, 7) is 3.02. The van der Waals surface area contributed by atoms with Crippen LogP contribution in [0.15, 0.2) is 24.3 Å². The Morgan fingerprint density at radius 2 is 2.00 bits per heavy atom. The summed E-state index contributed by atoms with van der Waals surface area (Å²) in [5.74, 6) is 1.65. The Labute approximate surface area is 119 Å². The first-order valence-corrected chi connectivity index (χ1v) is 6.80. The SMILES string of the molecule is CCNC(Cc1ccc(OC)cc1)Cc1nnn(C)n1. The smallest absolute Gasteiger partial charge is 0.176 e. The van der Waals surface area contributed by atoms with E-state index in [-0.39, 0.29) is 0 Å². The standard InChI is InChI=1S/C14H21N5O/c1-4-15-12(10-14-16-18-19(2)17-14)9-11-5-7-13(20-3)8-6-11/h5-8,12,15H,4,9-10H2,1-3H3. The normalized spacial score (nSPS) is 12.3. The molecule has 108 valence electrons. The van der Waals surface area contributed by atoms with Crippen LogP contribution in [0.4, 0.5) is 0 Å². The Bertz CT molecular complexity index is 523. The number of rotatable bonds is 7. The number of nitrogens with one attached hydrogen (secondary N) is 1. The Morgan fingerprint density at radius 3 is 2.55 bits per heavy atom. The van der Waals surface area contributed by atoms with Crippen LogP contribution in [0, 0.1) is 0 Å². The molecule has 1 unspecified atom stereocenters. The lowest BCUT2D eigenvalue weighted by Crippen LogP contribution is -2.33. The molecular weight excluding hydrogens is 254 g/mol. The van der Waals surface area contributed by atoms with Crippen LogP contribution in [0.3, 0.4) is 0 Å². The molecule has 0 radical (unpaired) electrons. The van der Waals surface area contributed by atoms with E-state index in [1.807, 2.05) is 12.1 Å². The highest BCUT2D eigenvalue weighted by Gasteiger charge is 2.13. The minimum Gasteiger partial charge on any atom is -0.497 e. The highest BCUT2D eigenvalue weighted by atomic mass is 16.5. The number of benzene rings is 1. The number of ether oxygens (including phenoxy) is 1. The van der Waals surface area contributed by atoms with Gasteiger partial charge in [0.15, 0.2) is 5.82 Å². The Hall–Kier alpha value is -1.95. The summed E-state index contributed by atoms with van der Waals surface area (Å²) in [6.07, 6.45) is 1.70. The number of aromatic nitrogens is 4. The van der Waals surface area contributed by atoms with Gasteiger partial charge in [-0.3, -0.25) is 0 Å². The second-order valence-electron chi connectivity index (χ2n) is 4.71. The van der Waals surface area contributed by atoms with Crippen molar-refractivity contribution in [2.75, 3.05) is 13.7 Å². The van der Waals surface area contributed by atoms with E-state index in [0.717, 1.165) is 31.0 Å². The minimum atomic E-state index is 0.303. The topological polar surface area (TPSA) is 64.9 Å². The number of aryl methyl sites for hydroxylation is 1. The van der Waals surface area contributed by atoms with Crippen molar-refractivity contribution in [2.24, 2.45) is 7.05 Å². The van der Waals surface area contributed by atoms with Crippen molar-refractivity contribution >= 4 is 0 Å². The van der Waals surface area contributed by atoms with E-state index in [0.29, 0.717) is 6.04 Å². The zero-order valence-corrected chi connectivity index (χ0v) is 12.2. The van der Waals surface area contributed by atoms with Crippen molar-refractivity contribution in [1.29, 1.82) is 0 Å². The number of hydrogen-bond donors (Lipinski definition) is 1. The van der Waals surface area contributed by atoms with E-state index >= 15 is 0 Å². The molecule has 20 heavy (non-hydrogen) atoms. The van der Waals surface area contributed by atoms with E-state index in [9.17, 15) is 0 Å². The molecule has 1 aromatic carbocycles. The number of hydrogen-bond acceptors (Lipinski definition) is 5. The van der Waals surface area contributed by atoms with Crippen LogP contribution in [0.2, 0.25) is 0 Å². The summed E-state index contributed by atoms with van der Waals surface area (Å²) in [5, 5.41) is 15.6. The summed E-state index contributed by atoms with van der Waals surface area (Å²) in [6, 6.07) is 8.45. The molecule has 6 nitrogen and oxygen atoms in total. The molecule has 0 amide bonds. The third kappa shape index (κ3) is 4.03. The van der Waals surface area contributed by atoms with Crippen molar-refractivity contribution in [3.05, 3.63) is 35.7 Å². The molecule has 0 aliphatic heterocycles. The average Bonchev–Trinajstić information content (AvgIpc) is 2.85. The molecular formula is C14H21N5O. The molecule has 2 rings (SSSR count). The summed E-state index contributed by atoms with van der Waals surface area (Å²) in [5.41, 5.74) is 1.26. The van der Waals surface area contributed by atoms with Gasteiger partial charge in [0.1, 0.15) is 5.75 Å². The lowest BCUT2D eigenvalue weighted by Gasteiger charge is -2.16. The fourth-order valence-corrected chi connectivity index (χ4v) is 2.18. The van der Waals surface area contributed by atoms with Gasteiger partial charge in [-0.15, -0.1) is 10.2 Å². The van der Waals surface area contributed by atoms with Gasteiger partial charge in [-0.05, 0) is 35.9 Å². The fraction of sp³-hybridized carbons (Fsp3) is 0.500. The van der Waals surface area contributed by atoms with E-state index in [1.165, 1.54) is 10.4 Å². The van der Waals surface area contributed by atoms with Crippen LogP contribution < -0.4 is 10.1 Å². The summed E-state index contributed by atoms with van der Waals surface area (Å²) in [4.78, 5) is 1.49.